The summed E-state index contributed by atoms with van der Waals surface area (Å²) in [5, 5.41) is 0. The van der Waals surface area contributed by atoms with Crippen molar-refractivity contribution in [3.8, 4) is 0 Å². The normalized spacial score (nSPS) is 1.00. The summed E-state index contributed by atoms with van der Waals surface area (Å²) in [5.74, 6) is 0. The predicted octanol–water partition coefficient (Wildman–Crippen LogP) is -0.187. The van der Waals surface area contributed by atoms with Gasteiger partial charge in [0.25, 0.3) is 0 Å². The third-order valence-corrected chi connectivity index (χ3v) is 0. The minimum absolute atomic E-state index is 0. The molecule has 0 fully saturated rings. The van der Waals surface area contributed by atoms with Gasteiger partial charge in [-0.3, -0.25) is 0 Å². The molecule has 0 aliphatic rings. The van der Waals surface area contributed by atoms with Crippen LogP contribution in [0.4, 0.5) is 0 Å². The fourth-order valence-electron chi connectivity index (χ4n) is 0. The molecule has 1 nitrogen and oxygen atoms in total. The Bertz CT molecular complexity index is 8.00. The van der Waals surface area contributed by atoms with E-state index in [9.17, 15) is 0 Å². The number of hydrogen-bond acceptors (Lipinski definition) is 1. The maximum absolute atomic E-state index is 8.00. The van der Waals surface area contributed by atoms with Gasteiger partial charge in [0.2, 0.25) is 0 Å². The van der Waals surface area contributed by atoms with Crippen molar-refractivity contribution in [1.82, 2.24) is 0 Å². The molecular weight excluding hydrogens is 231 g/mol. The van der Waals surface area contributed by atoms with Crippen LogP contribution in [-0.4, -0.2) is 6.79 Å². The van der Waals surface area contributed by atoms with Crippen LogP contribution in [0.2, 0.25) is 0 Å². The van der Waals surface area contributed by atoms with Gasteiger partial charge in [-0.15, -0.1) is 0 Å². The van der Waals surface area contributed by atoms with Crippen LogP contribution in [0, 0.1) is 40.8 Å². The molecule has 0 heterocycles. The Balaban J connectivity index is -0.00000000500. The van der Waals surface area contributed by atoms with E-state index in [0.717, 1.165) is 0 Å². The van der Waals surface area contributed by atoms with Crippen molar-refractivity contribution in [3.05, 3.63) is 0 Å². The molecule has 0 amide bonds. The second kappa shape index (κ2) is 24.3. The van der Waals surface area contributed by atoms with Crippen LogP contribution in [0.15, 0.2) is 0 Å². The molecule has 0 aromatic rings. The number of hydrogen-bond donors (Lipinski definition) is 0. The van der Waals surface area contributed by atoms with Gasteiger partial charge in [0, 0.05) is 57.3 Å². The zero-order valence-corrected chi connectivity index (χ0v) is 6.13. The van der Waals surface area contributed by atoms with Gasteiger partial charge in [-0.25, -0.2) is 0 Å². The molecule has 0 saturated heterocycles. The minimum Gasteiger partial charge on any atom is -0.307 e. The molecule has 0 radical (unpaired) electrons. The number of carbonyl (C=O) groups excluding carboxylic acids is 1. The molecule has 0 unspecified atom stereocenters. The van der Waals surface area contributed by atoms with E-state index >= 15 is 0 Å². The summed E-state index contributed by atoms with van der Waals surface area (Å²) in [6.45, 7) is 2.00. The van der Waals surface area contributed by atoms with E-state index in [1.165, 1.54) is 0 Å². The molecule has 0 aromatic heterocycles. The van der Waals surface area contributed by atoms with Gasteiger partial charge < -0.3 is 4.79 Å². The Kier molecular flexibility index (Phi) is 108. The Morgan fingerprint density at radius 3 is 1.25 bits per heavy atom. The summed E-state index contributed by atoms with van der Waals surface area (Å²) in [4.78, 5) is 8.00. The van der Waals surface area contributed by atoms with Gasteiger partial charge in [-0.1, -0.05) is 0 Å². The first-order chi connectivity index (χ1) is 1.00. The average Bonchev–Trinajstić information content (AvgIpc) is 1.00. The first-order valence-electron chi connectivity index (χ1n) is 0.289. The summed E-state index contributed by atoms with van der Waals surface area (Å²) >= 11 is 0. The first kappa shape index (κ1) is 17.8. The monoisotopic (exact) mass is 230 g/mol. The third-order valence-electron chi connectivity index (χ3n) is 0. The molecule has 0 N–H and O–H groups in total. The van der Waals surface area contributed by atoms with Crippen LogP contribution in [0.1, 0.15) is 0 Å². The maximum atomic E-state index is 8.00. The summed E-state index contributed by atoms with van der Waals surface area (Å²) in [6, 6.07) is 0. The topological polar surface area (TPSA) is 17.1 Å². The Hall–Kier alpha value is 1.51. The molecule has 0 saturated carbocycles. The molecular formula is CH2NdNiO. The van der Waals surface area contributed by atoms with Crippen LogP contribution in [-0.2, 0) is 21.3 Å². The van der Waals surface area contributed by atoms with Gasteiger partial charge in [0.1, 0.15) is 6.79 Å². The summed E-state index contributed by atoms with van der Waals surface area (Å²) in [6.07, 6.45) is 0. The molecule has 3 heteroatoms. The fourth-order valence-corrected chi connectivity index (χ4v) is 0. The fraction of sp³-hybridized carbons (Fsp3) is 0. The van der Waals surface area contributed by atoms with Gasteiger partial charge in [0.15, 0.2) is 0 Å². The zero-order chi connectivity index (χ0) is 2.00. The van der Waals surface area contributed by atoms with Crippen LogP contribution in [0.25, 0.3) is 0 Å². The largest absolute Gasteiger partial charge is 0.307 e. The zero-order valence-electron chi connectivity index (χ0n) is 1.93. The van der Waals surface area contributed by atoms with Crippen molar-refractivity contribution in [2.24, 2.45) is 0 Å². The molecule has 0 aliphatic heterocycles. The van der Waals surface area contributed by atoms with Crippen molar-refractivity contribution in [3.63, 3.8) is 0 Å². The van der Waals surface area contributed by atoms with Crippen molar-refractivity contribution in [2.75, 3.05) is 0 Å². The van der Waals surface area contributed by atoms with Crippen LogP contribution in [0.5, 0.6) is 0 Å². The van der Waals surface area contributed by atoms with Gasteiger partial charge >= 0.3 is 0 Å². The Labute approximate surface area is 68.0 Å². The molecule has 0 atom stereocenters. The third kappa shape index (κ3) is 9.69. The van der Waals surface area contributed by atoms with Crippen LogP contribution in [0.3, 0.4) is 0 Å². The number of carbonyl (C=O) groups is 1. The second-order valence-electron chi connectivity index (χ2n) is 0. The number of rotatable bonds is 0. The Morgan fingerprint density at radius 2 is 1.25 bits per heavy atom. The van der Waals surface area contributed by atoms with E-state index in [1.54, 1.807) is 0 Å². The summed E-state index contributed by atoms with van der Waals surface area (Å²) in [7, 11) is 0. The second-order valence-corrected chi connectivity index (χ2v) is 0. The molecule has 0 aliphatic carbocycles. The molecule has 26 valence electrons. The minimum atomic E-state index is 0. The van der Waals surface area contributed by atoms with Crippen molar-refractivity contribution in [1.29, 1.82) is 0 Å². The van der Waals surface area contributed by atoms with Crippen molar-refractivity contribution in [2.45, 2.75) is 0 Å². The van der Waals surface area contributed by atoms with E-state index in [-0.39, 0.29) is 57.3 Å². The van der Waals surface area contributed by atoms with E-state index < -0.39 is 0 Å². The maximum Gasteiger partial charge on any atom is 0.106 e. The molecule has 0 rings (SSSR count). The predicted molar refractivity (Wildman–Crippen MR) is 7.12 cm³/mol. The summed E-state index contributed by atoms with van der Waals surface area (Å²) < 4.78 is 0. The standard InChI is InChI=1S/CH2O.Nd.Ni/c1-2;;/h1H2;;. The molecule has 4 heavy (non-hydrogen) atoms. The van der Waals surface area contributed by atoms with Gasteiger partial charge in [0.05, 0.1) is 0 Å². The van der Waals surface area contributed by atoms with E-state index in [4.69, 9.17) is 4.79 Å². The SMILES string of the molecule is C=O.[Nd].[Ni]. The van der Waals surface area contributed by atoms with Gasteiger partial charge in [-0.05, 0) is 0 Å². The van der Waals surface area contributed by atoms with Crippen molar-refractivity contribution < 1.29 is 62.1 Å². The van der Waals surface area contributed by atoms with E-state index in [2.05, 4.69) is 0 Å². The van der Waals surface area contributed by atoms with E-state index in [1.807, 2.05) is 6.79 Å². The average molecular weight is 233 g/mol. The van der Waals surface area contributed by atoms with Gasteiger partial charge in [-0.2, -0.15) is 0 Å². The van der Waals surface area contributed by atoms with E-state index in [0.29, 0.717) is 0 Å². The molecule has 0 bridgehead atoms. The van der Waals surface area contributed by atoms with Crippen LogP contribution < -0.4 is 0 Å². The smallest absolute Gasteiger partial charge is 0.106 e. The molecule has 0 spiro atoms. The first-order valence-corrected chi connectivity index (χ1v) is 0.289. The van der Waals surface area contributed by atoms with Crippen LogP contribution >= 0.6 is 0 Å². The Morgan fingerprint density at radius 1 is 1.25 bits per heavy atom. The quantitative estimate of drug-likeness (QED) is 0.530. The molecule has 0 aromatic carbocycles. The van der Waals surface area contributed by atoms with Crippen molar-refractivity contribution >= 4 is 6.79 Å². The summed E-state index contributed by atoms with van der Waals surface area (Å²) in [5.41, 5.74) is 0.